The van der Waals surface area contributed by atoms with Crippen molar-refractivity contribution in [2.24, 2.45) is 0 Å². The van der Waals surface area contributed by atoms with E-state index < -0.39 is 0 Å². The summed E-state index contributed by atoms with van der Waals surface area (Å²) >= 11 is 4.32. The van der Waals surface area contributed by atoms with Gasteiger partial charge in [-0.3, -0.25) is 0 Å². The topological polar surface area (TPSA) is 28.7 Å². The first kappa shape index (κ1) is 10.4. The predicted molar refractivity (Wildman–Crippen MR) is 72.6 cm³/mol. The maximum absolute atomic E-state index is 4.56. The zero-order chi connectivity index (χ0) is 11.7. The van der Waals surface area contributed by atoms with E-state index in [9.17, 15) is 0 Å². The smallest absolute Gasteiger partial charge is 0.111 e. The van der Waals surface area contributed by atoms with Crippen molar-refractivity contribution in [2.75, 3.05) is 0 Å². The lowest BCUT2D eigenvalue weighted by Crippen LogP contribution is -1.89. The van der Waals surface area contributed by atoms with Crippen molar-refractivity contribution < 1.29 is 0 Å². The van der Waals surface area contributed by atoms with Gasteiger partial charge in [0.1, 0.15) is 5.82 Å². The third-order valence-electron chi connectivity index (χ3n) is 2.73. The number of imidazole rings is 1. The largest absolute Gasteiger partial charge is 0.342 e. The van der Waals surface area contributed by atoms with E-state index in [0.29, 0.717) is 0 Å². The molecule has 0 unspecified atom stereocenters. The summed E-state index contributed by atoms with van der Waals surface area (Å²) in [5.74, 6) is 0.991. The van der Waals surface area contributed by atoms with Crippen molar-refractivity contribution in [1.29, 1.82) is 0 Å². The van der Waals surface area contributed by atoms with Crippen LogP contribution in [0.4, 0.5) is 0 Å². The fourth-order valence-corrected chi connectivity index (χ4v) is 2.13. The van der Waals surface area contributed by atoms with Crippen molar-refractivity contribution in [3.63, 3.8) is 0 Å². The van der Waals surface area contributed by atoms with E-state index in [1.165, 1.54) is 5.56 Å². The second kappa shape index (κ2) is 4.26. The normalized spacial score (nSPS) is 10.9. The monoisotopic (exact) mass is 240 g/mol. The minimum absolute atomic E-state index is 0.831. The Bertz CT molecular complexity index is 644. The Morgan fingerprint density at radius 1 is 1.06 bits per heavy atom. The molecule has 2 nitrogen and oxygen atoms in total. The number of hydrogen-bond acceptors (Lipinski definition) is 2. The summed E-state index contributed by atoms with van der Waals surface area (Å²) in [5, 5.41) is 0. The number of aromatic nitrogens is 2. The Balaban J connectivity index is 1.96. The fraction of sp³-hybridized carbons (Fsp3) is 0.0714. The van der Waals surface area contributed by atoms with Crippen LogP contribution in [0.25, 0.3) is 11.0 Å². The summed E-state index contributed by atoms with van der Waals surface area (Å²) in [6.07, 6.45) is 0.831. The molecule has 0 radical (unpaired) electrons. The summed E-state index contributed by atoms with van der Waals surface area (Å²) in [5.41, 5.74) is 3.30. The highest BCUT2D eigenvalue weighted by atomic mass is 32.1. The van der Waals surface area contributed by atoms with E-state index in [2.05, 4.69) is 34.7 Å². The fourth-order valence-electron chi connectivity index (χ4n) is 1.92. The lowest BCUT2D eigenvalue weighted by molar-refractivity contribution is 1.04. The van der Waals surface area contributed by atoms with Gasteiger partial charge in [0.15, 0.2) is 0 Å². The molecule has 0 aliphatic heterocycles. The number of H-pyrrole nitrogens is 1. The van der Waals surface area contributed by atoms with E-state index in [4.69, 9.17) is 0 Å². The minimum atomic E-state index is 0.831. The predicted octanol–water partition coefficient (Wildman–Crippen LogP) is 3.44. The average Bonchev–Trinajstić information content (AvgIpc) is 2.71. The molecule has 0 spiro atoms. The summed E-state index contributed by atoms with van der Waals surface area (Å²) < 4.78 is 0. The first-order valence-electron chi connectivity index (χ1n) is 5.53. The Hall–Kier alpha value is -1.74. The molecule has 1 aromatic heterocycles. The zero-order valence-electron chi connectivity index (χ0n) is 9.22. The summed E-state index contributed by atoms with van der Waals surface area (Å²) in [7, 11) is 0. The first-order chi connectivity index (χ1) is 8.31. The van der Waals surface area contributed by atoms with E-state index >= 15 is 0 Å². The lowest BCUT2D eigenvalue weighted by atomic mass is 10.1. The quantitative estimate of drug-likeness (QED) is 0.660. The van der Waals surface area contributed by atoms with Crippen molar-refractivity contribution in [1.82, 2.24) is 9.97 Å². The molecule has 84 valence electrons. The van der Waals surface area contributed by atoms with E-state index in [-0.39, 0.29) is 0 Å². The molecule has 3 rings (SSSR count). The number of benzene rings is 2. The van der Waals surface area contributed by atoms with Gasteiger partial charge in [-0.15, -0.1) is 12.6 Å². The van der Waals surface area contributed by atoms with Gasteiger partial charge >= 0.3 is 0 Å². The van der Waals surface area contributed by atoms with E-state index in [1.807, 2.05) is 36.4 Å². The number of nitrogens with zero attached hydrogens (tertiary/aromatic N) is 1. The highest BCUT2D eigenvalue weighted by molar-refractivity contribution is 7.80. The molecule has 1 heterocycles. The Kier molecular flexibility index (Phi) is 2.61. The van der Waals surface area contributed by atoms with Crippen LogP contribution in [0.15, 0.2) is 53.4 Å². The van der Waals surface area contributed by atoms with Crippen molar-refractivity contribution in [2.45, 2.75) is 11.3 Å². The van der Waals surface area contributed by atoms with Gasteiger partial charge < -0.3 is 4.98 Å². The van der Waals surface area contributed by atoms with E-state index in [1.54, 1.807) is 0 Å². The van der Waals surface area contributed by atoms with Crippen LogP contribution in [-0.4, -0.2) is 9.97 Å². The highest BCUT2D eigenvalue weighted by Gasteiger charge is 2.03. The van der Waals surface area contributed by atoms with Gasteiger partial charge in [0.2, 0.25) is 0 Å². The minimum Gasteiger partial charge on any atom is -0.342 e. The third kappa shape index (κ3) is 2.19. The second-order valence-corrected chi connectivity index (χ2v) is 4.56. The van der Waals surface area contributed by atoms with Crippen LogP contribution < -0.4 is 0 Å². The second-order valence-electron chi connectivity index (χ2n) is 4.05. The molecule has 0 aliphatic rings. The maximum Gasteiger partial charge on any atom is 0.111 e. The number of rotatable bonds is 2. The molecule has 1 N–H and O–H groups in total. The van der Waals surface area contributed by atoms with Gasteiger partial charge in [-0.05, 0) is 23.8 Å². The molecule has 3 aromatic rings. The van der Waals surface area contributed by atoms with Gasteiger partial charge in [-0.25, -0.2) is 4.98 Å². The zero-order valence-corrected chi connectivity index (χ0v) is 10.1. The van der Waals surface area contributed by atoms with Crippen LogP contribution in [0.3, 0.4) is 0 Å². The van der Waals surface area contributed by atoms with E-state index in [0.717, 1.165) is 28.2 Å². The Morgan fingerprint density at radius 3 is 2.71 bits per heavy atom. The maximum atomic E-state index is 4.56. The molecule has 0 amide bonds. The number of hydrogen-bond donors (Lipinski definition) is 2. The van der Waals surface area contributed by atoms with Gasteiger partial charge in [0.25, 0.3) is 0 Å². The van der Waals surface area contributed by atoms with Crippen LogP contribution in [-0.2, 0) is 6.42 Å². The van der Waals surface area contributed by atoms with Gasteiger partial charge in [-0.2, -0.15) is 0 Å². The molecule has 0 atom stereocenters. The third-order valence-corrected chi connectivity index (χ3v) is 3.01. The van der Waals surface area contributed by atoms with Crippen LogP contribution in [0.2, 0.25) is 0 Å². The number of fused-ring (bicyclic) bond motifs is 1. The molecule has 0 bridgehead atoms. The number of nitrogens with one attached hydrogen (secondary N) is 1. The standard InChI is InChI=1S/C14H12N2S/c17-11-6-7-12-13(9-11)16-14(15-12)8-10-4-2-1-3-5-10/h1-7,9,17H,8H2,(H,15,16). The van der Waals surface area contributed by atoms with Gasteiger partial charge in [-0.1, -0.05) is 30.3 Å². The lowest BCUT2D eigenvalue weighted by Gasteiger charge is -1.96. The molecular formula is C14H12N2S. The summed E-state index contributed by atoms with van der Waals surface area (Å²) in [6, 6.07) is 16.3. The number of aromatic amines is 1. The van der Waals surface area contributed by atoms with Crippen LogP contribution in [0, 0.1) is 0 Å². The SMILES string of the molecule is Sc1ccc2nc(Cc3ccccc3)[nH]c2c1. The van der Waals surface area contributed by atoms with Crippen molar-refractivity contribution in [3.8, 4) is 0 Å². The van der Waals surface area contributed by atoms with Crippen molar-refractivity contribution >= 4 is 23.7 Å². The van der Waals surface area contributed by atoms with Gasteiger partial charge in [0, 0.05) is 11.3 Å². The van der Waals surface area contributed by atoms with Gasteiger partial charge in [0.05, 0.1) is 11.0 Å². The molecular weight excluding hydrogens is 228 g/mol. The first-order valence-corrected chi connectivity index (χ1v) is 5.97. The molecule has 3 heteroatoms. The molecule has 17 heavy (non-hydrogen) atoms. The Morgan fingerprint density at radius 2 is 1.88 bits per heavy atom. The van der Waals surface area contributed by atoms with Crippen LogP contribution in [0.5, 0.6) is 0 Å². The van der Waals surface area contributed by atoms with Crippen LogP contribution >= 0.6 is 12.6 Å². The summed E-state index contributed by atoms with van der Waals surface area (Å²) in [6.45, 7) is 0. The average molecular weight is 240 g/mol. The van der Waals surface area contributed by atoms with Crippen molar-refractivity contribution in [3.05, 3.63) is 59.9 Å². The summed E-state index contributed by atoms with van der Waals surface area (Å²) in [4.78, 5) is 8.84. The Labute approximate surface area is 105 Å². The molecule has 2 aromatic carbocycles. The highest BCUT2D eigenvalue weighted by Crippen LogP contribution is 2.17. The molecule has 0 saturated heterocycles. The van der Waals surface area contributed by atoms with Crippen LogP contribution in [0.1, 0.15) is 11.4 Å². The molecule has 0 aliphatic carbocycles. The molecule has 0 saturated carbocycles. The number of thiol groups is 1. The molecule has 0 fully saturated rings.